The van der Waals surface area contributed by atoms with Gasteiger partial charge in [-0.2, -0.15) is 0 Å². The van der Waals surface area contributed by atoms with Crippen molar-refractivity contribution in [1.82, 2.24) is 5.32 Å². The Morgan fingerprint density at radius 1 is 1.41 bits per heavy atom. The van der Waals surface area contributed by atoms with Crippen molar-refractivity contribution in [2.75, 3.05) is 6.61 Å². The number of nitrogens with one attached hydrogen (secondary N) is 1. The van der Waals surface area contributed by atoms with E-state index in [1.54, 1.807) is 0 Å². The summed E-state index contributed by atoms with van der Waals surface area (Å²) in [4.78, 5) is 11.6. The summed E-state index contributed by atoms with van der Waals surface area (Å²) < 4.78 is 11.1. The van der Waals surface area contributed by atoms with Crippen molar-refractivity contribution in [3.05, 3.63) is 0 Å². The molecule has 1 aliphatic rings. The van der Waals surface area contributed by atoms with Crippen LogP contribution in [0.3, 0.4) is 0 Å². The van der Waals surface area contributed by atoms with Crippen LogP contribution in [0, 0.1) is 5.41 Å². The number of esters is 1. The Balaban J connectivity index is 2.60. The monoisotopic (exact) mass is 259 g/mol. The van der Waals surface area contributed by atoms with Gasteiger partial charge in [-0.05, 0) is 25.4 Å². The summed E-state index contributed by atoms with van der Waals surface area (Å²) in [5, 5.41) is 3.19. The van der Waals surface area contributed by atoms with Crippen LogP contribution in [0.5, 0.6) is 0 Å². The Kier molecular flexibility index (Phi) is 4.74. The first kappa shape index (κ1) is 14.7. The van der Waals surface area contributed by atoms with Crippen LogP contribution in [0.2, 0.25) is 13.1 Å². The second-order valence-electron chi connectivity index (χ2n) is 5.89. The number of hydrogen-bond donors (Lipinski definition) is 1. The fraction of sp³-hybridized carbons (Fsp3) is 0.917. The minimum Gasteiger partial charge on any atom is -0.465 e. The van der Waals surface area contributed by atoms with Crippen LogP contribution in [-0.2, 0) is 14.0 Å². The lowest BCUT2D eigenvalue weighted by atomic mass is 9.86. The molecule has 0 amide bonds. The SMILES string of the molecule is CCOC(=O)C1NC1C(O[SiH](C)C)C(C)(C)C. The molecule has 0 bridgehead atoms. The van der Waals surface area contributed by atoms with Gasteiger partial charge in [0.25, 0.3) is 0 Å². The van der Waals surface area contributed by atoms with E-state index in [4.69, 9.17) is 9.16 Å². The molecular formula is C12H25NO3Si. The molecule has 0 saturated carbocycles. The molecule has 0 aromatic heterocycles. The molecule has 1 aliphatic heterocycles. The van der Waals surface area contributed by atoms with Gasteiger partial charge in [0.05, 0.1) is 18.8 Å². The summed E-state index contributed by atoms with van der Waals surface area (Å²) in [6, 6.07) is -0.0594. The molecule has 5 heteroatoms. The van der Waals surface area contributed by atoms with Gasteiger partial charge in [-0.15, -0.1) is 0 Å². The third-order valence-electron chi connectivity index (χ3n) is 2.76. The van der Waals surface area contributed by atoms with Crippen molar-refractivity contribution < 1.29 is 14.0 Å². The lowest BCUT2D eigenvalue weighted by molar-refractivity contribution is -0.142. The Morgan fingerprint density at radius 2 is 2.00 bits per heavy atom. The normalized spacial score (nSPS) is 25.8. The summed E-state index contributed by atoms with van der Waals surface area (Å²) in [6.45, 7) is 13.0. The zero-order chi connectivity index (χ0) is 13.2. The largest absolute Gasteiger partial charge is 0.465 e. The average molecular weight is 259 g/mol. The molecule has 1 saturated heterocycles. The minimum atomic E-state index is -1.11. The Morgan fingerprint density at radius 3 is 2.41 bits per heavy atom. The van der Waals surface area contributed by atoms with Crippen molar-refractivity contribution in [2.24, 2.45) is 5.41 Å². The molecule has 1 rings (SSSR count). The Labute approximate surface area is 106 Å². The molecule has 0 aromatic carbocycles. The number of rotatable bonds is 5. The minimum absolute atomic E-state index is 0.0379. The molecule has 3 unspecified atom stereocenters. The Hall–Kier alpha value is -0.393. The second kappa shape index (κ2) is 5.50. The molecule has 0 aromatic rings. The number of carbonyl (C=O) groups is 1. The van der Waals surface area contributed by atoms with Gasteiger partial charge in [-0.1, -0.05) is 20.8 Å². The molecule has 0 aliphatic carbocycles. The molecule has 3 atom stereocenters. The highest BCUT2D eigenvalue weighted by atomic mass is 28.3. The van der Waals surface area contributed by atoms with Crippen molar-refractivity contribution in [1.29, 1.82) is 0 Å². The fourth-order valence-corrected chi connectivity index (χ4v) is 3.15. The van der Waals surface area contributed by atoms with Gasteiger partial charge in [-0.25, -0.2) is 0 Å². The van der Waals surface area contributed by atoms with E-state index in [2.05, 4.69) is 39.2 Å². The van der Waals surface area contributed by atoms with Gasteiger partial charge < -0.3 is 9.16 Å². The quantitative estimate of drug-likeness (QED) is 0.459. The summed E-state index contributed by atoms with van der Waals surface area (Å²) in [7, 11) is -1.11. The summed E-state index contributed by atoms with van der Waals surface area (Å²) >= 11 is 0. The third kappa shape index (κ3) is 4.08. The van der Waals surface area contributed by atoms with Crippen molar-refractivity contribution in [2.45, 2.75) is 59.0 Å². The predicted octanol–water partition coefficient (Wildman–Crippen LogP) is 1.30. The van der Waals surface area contributed by atoms with E-state index in [1.807, 2.05) is 6.92 Å². The lowest BCUT2D eigenvalue weighted by Crippen LogP contribution is -2.39. The maximum atomic E-state index is 11.6. The Bertz CT molecular complexity index is 275. The van der Waals surface area contributed by atoms with Crippen LogP contribution in [0.25, 0.3) is 0 Å². The molecule has 17 heavy (non-hydrogen) atoms. The van der Waals surface area contributed by atoms with Gasteiger partial charge in [0, 0.05) is 0 Å². The number of ether oxygens (including phenoxy) is 1. The van der Waals surface area contributed by atoms with Crippen LogP contribution in [0.15, 0.2) is 0 Å². The molecule has 4 nitrogen and oxygen atoms in total. The summed E-state index contributed by atoms with van der Waals surface area (Å²) in [5.74, 6) is -0.152. The van der Waals surface area contributed by atoms with Crippen LogP contribution >= 0.6 is 0 Å². The van der Waals surface area contributed by atoms with Gasteiger partial charge in [0.2, 0.25) is 0 Å². The predicted molar refractivity (Wildman–Crippen MR) is 70.5 cm³/mol. The first-order valence-electron chi connectivity index (χ1n) is 6.35. The molecule has 0 spiro atoms. The molecule has 1 heterocycles. The average Bonchev–Trinajstić information content (AvgIpc) is 2.91. The van der Waals surface area contributed by atoms with E-state index in [9.17, 15) is 4.79 Å². The molecular weight excluding hydrogens is 234 g/mol. The van der Waals surface area contributed by atoms with E-state index in [0.717, 1.165) is 0 Å². The maximum Gasteiger partial charge on any atom is 0.324 e. The third-order valence-corrected chi connectivity index (χ3v) is 3.60. The van der Waals surface area contributed by atoms with Gasteiger partial charge in [0.1, 0.15) is 6.04 Å². The van der Waals surface area contributed by atoms with Crippen LogP contribution in [-0.4, -0.2) is 39.8 Å². The van der Waals surface area contributed by atoms with Crippen LogP contribution in [0.4, 0.5) is 0 Å². The van der Waals surface area contributed by atoms with E-state index >= 15 is 0 Å². The lowest BCUT2D eigenvalue weighted by Gasteiger charge is -2.32. The molecule has 1 N–H and O–H groups in total. The van der Waals surface area contributed by atoms with E-state index < -0.39 is 9.04 Å². The van der Waals surface area contributed by atoms with Gasteiger partial charge in [0.15, 0.2) is 9.04 Å². The zero-order valence-corrected chi connectivity index (χ0v) is 12.9. The highest BCUT2D eigenvalue weighted by molar-refractivity contribution is 6.48. The molecule has 0 radical (unpaired) electrons. The summed E-state index contributed by atoms with van der Waals surface area (Å²) in [5.41, 5.74) is 0.0379. The van der Waals surface area contributed by atoms with Crippen LogP contribution < -0.4 is 5.32 Å². The van der Waals surface area contributed by atoms with Crippen molar-refractivity contribution in [3.63, 3.8) is 0 Å². The van der Waals surface area contributed by atoms with Gasteiger partial charge >= 0.3 is 5.97 Å². The fourth-order valence-electron chi connectivity index (χ4n) is 1.98. The number of hydrogen-bond acceptors (Lipinski definition) is 4. The van der Waals surface area contributed by atoms with E-state index in [0.29, 0.717) is 6.61 Å². The highest BCUT2D eigenvalue weighted by Crippen LogP contribution is 2.32. The van der Waals surface area contributed by atoms with Crippen molar-refractivity contribution in [3.8, 4) is 0 Å². The smallest absolute Gasteiger partial charge is 0.324 e. The molecule has 1 fully saturated rings. The van der Waals surface area contributed by atoms with E-state index in [-0.39, 0.29) is 29.6 Å². The molecule has 100 valence electrons. The van der Waals surface area contributed by atoms with Gasteiger partial charge in [-0.3, -0.25) is 10.1 Å². The van der Waals surface area contributed by atoms with Crippen LogP contribution in [0.1, 0.15) is 27.7 Å². The zero-order valence-electron chi connectivity index (χ0n) is 11.7. The first-order chi connectivity index (χ1) is 7.77. The maximum absolute atomic E-state index is 11.6. The standard InChI is InChI=1S/C12H25NO3Si/c1-7-15-11(14)9-8(13-9)10(12(2,3)4)16-17(5)6/h8-10,13,17H,7H2,1-6H3. The number of carbonyl (C=O) groups excluding carboxylic acids is 1. The highest BCUT2D eigenvalue weighted by Gasteiger charge is 2.52. The summed E-state index contributed by atoms with van der Waals surface area (Å²) in [6.07, 6.45) is 0.0866. The van der Waals surface area contributed by atoms with E-state index in [1.165, 1.54) is 0 Å². The topological polar surface area (TPSA) is 57.5 Å². The van der Waals surface area contributed by atoms with Crippen molar-refractivity contribution >= 4 is 15.0 Å². The second-order valence-corrected chi connectivity index (χ2v) is 8.26. The first-order valence-corrected chi connectivity index (χ1v) is 9.13.